The zero-order valence-electron chi connectivity index (χ0n) is 24.7. The normalized spacial score (nSPS) is 22.4. The second-order valence-corrected chi connectivity index (χ2v) is 12.3. The van der Waals surface area contributed by atoms with Crippen molar-refractivity contribution in [2.75, 3.05) is 0 Å². The first-order valence-electron chi connectivity index (χ1n) is 15.5. The summed E-state index contributed by atoms with van der Waals surface area (Å²) in [5.41, 5.74) is -0.796. The Balaban J connectivity index is 1.23. The lowest BCUT2D eigenvalue weighted by molar-refractivity contribution is -0.189. The van der Waals surface area contributed by atoms with Crippen LogP contribution in [-0.4, -0.2) is 0 Å². The summed E-state index contributed by atoms with van der Waals surface area (Å²) in [6.07, 6.45) is 9.53. The van der Waals surface area contributed by atoms with Crippen LogP contribution in [0.2, 0.25) is 0 Å². The van der Waals surface area contributed by atoms with Crippen LogP contribution < -0.4 is 4.74 Å². The summed E-state index contributed by atoms with van der Waals surface area (Å²) >= 11 is 0. The van der Waals surface area contributed by atoms with Gasteiger partial charge in [0.1, 0.15) is 34.6 Å². The van der Waals surface area contributed by atoms with Gasteiger partial charge in [0.25, 0.3) is 0 Å². The summed E-state index contributed by atoms with van der Waals surface area (Å²) in [5, 5.41) is 0. The lowest BCUT2D eigenvalue weighted by Crippen LogP contribution is -2.27. The Labute approximate surface area is 255 Å². The maximum absolute atomic E-state index is 15.1. The summed E-state index contributed by atoms with van der Waals surface area (Å²) in [4.78, 5) is 0. The number of ether oxygens (including phenoxy) is 1. The maximum atomic E-state index is 15.1. The Bertz CT molecular complexity index is 1460. The number of hydrogen-bond acceptors (Lipinski definition) is 1. The maximum Gasteiger partial charge on any atom is 0.432 e. The Morgan fingerprint density at radius 1 is 0.727 bits per heavy atom. The number of rotatable bonds is 10. The van der Waals surface area contributed by atoms with Crippen molar-refractivity contribution in [3.63, 3.8) is 0 Å². The molecule has 234 valence electrons. The van der Waals surface area contributed by atoms with E-state index in [-0.39, 0.29) is 22.6 Å². The third kappa shape index (κ3) is 7.08. The minimum Gasteiger partial charge on any atom is -0.429 e. The van der Waals surface area contributed by atoms with Gasteiger partial charge in [0, 0.05) is 17.2 Å². The summed E-state index contributed by atoms with van der Waals surface area (Å²) < 4.78 is 94.0. The minimum atomic E-state index is -4.40. The van der Waals surface area contributed by atoms with Crippen molar-refractivity contribution in [1.29, 1.82) is 0 Å². The molecule has 0 spiro atoms. The Kier molecular flexibility index (Phi) is 9.91. The quantitative estimate of drug-likeness (QED) is 0.163. The third-order valence-electron chi connectivity index (χ3n) is 9.65. The molecule has 0 aromatic heterocycles. The molecule has 2 aliphatic carbocycles. The summed E-state index contributed by atoms with van der Waals surface area (Å²) in [5.74, 6) is -3.07. The highest BCUT2D eigenvalue weighted by Crippen LogP contribution is 2.45. The largest absolute Gasteiger partial charge is 0.432 e. The van der Waals surface area contributed by atoms with E-state index in [1.807, 2.05) is 6.08 Å². The van der Waals surface area contributed by atoms with Crippen molar-refractivity contribution in [1.82, 2.24) is 0 Å². The van der Waals surface area contributed by atoms with Gasteiger partial charge < -0.3 is 4.74 Å². The topological polar surface area (TPSA) is 9.23 Å². The van der Waals surface area contributed by atoms with Crippen molar-refractivity contribution in [2.24, 2.45) is 17.8 Å². The Morgan fingerprint density at radius 2 is 1.36 bits per heavy atom. The number of benzene rings is 3. The Morgan fingerprint density at radius 3 is 1.93 bits per heavy atom. The predicted molar refractivity (Wildman–Crippen MR) is 162 cm³/mol. The molecule has 2 saturated carbocycles. The molecule has 44 heavy (non-hydrogen) atoms. The molecule has 3 aromatic carbocycles. The van der Waals surface area contributed by atoms with E-state index >= 15 is 17.6 Å². The first-order valence-corrected chi connectivity index (χ1v) is 15.5. The van der Waals surface area contributed by atoms with Gasteiger partial charge in [-0.1, -0.05) is 43.7 Å². The number of allylic oxidation sites excluding steroid dienone is 1. The number of halogens is 6. The standard InChI is InChI=1S/C37H38F6O/c1-3-5-6-23-7-9-25(10-8-23)26-12-14-27(15-13-26)29-20-34(40)36(35(41)21-29)37(42,43)44-30-17-18-31(33(39)22-30)28-16-11-24(4-2)32(38)19-28/h3-4,11,16-23,25-27H,1-2,5-10,12-15H2. The fourth-order valence-electron chi connectivity index (χ4n) is 7.18. The third-order valence-corrected chi connectivity index (χ3v) is 9.65. The van der Waals surface area contributed by atoms with E-state index in [2.05, 4.69) is 17.9 Å². The molecule has 0 atom stereocenters. The molecule has 5 rings (SSSR count). The molecule has 0 aliphatic heterocycles. The SMILES string of the molecule is C=CCCC1CCC(C2CCC(c3cc(F)c(C(F)(F)Oc4ccc(-c5ccc(C=C)c(F)c5)c(F)c4)c(F)c3)CC2)CC1. The zero-order chi connectivity index (χ0) is 31.4. The molecule has 0 amide bonds. The van der Waals surface area contributed by atoms with E-state index in [1.54, 1.807) is 0 Å². The van der Waals surface area contributed by atoms with Gasteiger partial charge in [-0.05, 0) is 116 Å². The second kappa shape index (κ2) is 13.7. The van der Waals surface area contributed by atoms with E-state index in [9.17, 15) is 8.78 Å². The monoisotopic (exact) mass is 612 g/mol. The molecular formula is C37H38F6O. The number of alkyl halides is 2. The van der Waals surface area contributed by atoms with E-state index < -0.39 is 40.7 Å². The van der Waals surface area contributed by atoms with Gasteiger partial charge in [-0.3, -0.25) is 0 Å². The second-order valence-electron chi connectivity index (χ2n) is 12.3. The minimum absolute atomic E-state index is 0.0530. The summed E-state index contributed by atoms with van der Waals surface area (Å²) in [7, 11) is 0. The van der Waals surface area contributed by atoms with Crippen LogP contribution in [0.5, 0.6) is 5.75 Å². The van der Waals surface area contributed by atoms with Crippen LogP contribution in [0.1, 0.15) is 86.8 Å². The molecule has 1 nitrogen and oxygen atoms in total. The van der Waals surface area contributed by atoms with Crippen LogP contribution >= 0.6 is 0 Å². The summed E-state index contributed by atoms with van der Waals surface area (Å²) in [6, 6.07) is 8.80. The fourth-order valence-corrected chi connectivity index (χ4v) is 7.18. The van der Waals surface area contributed by atoms with Crippen LogP contribution in [0.4, 0.5) is 26.3 Å². The zero-order valence-corrected chi connectivity index (χ0v) is 24.7. The van der Waals surface area contributed by atoms with Gasteiger partial charge >= 0.3 is 6.11 Å². The average molecular weight is 613 g/mol. The molecule has 0 heterocycles. The molecular weight excluding hydrogens is 574 g/mol. The highest BCUT2D eigenvalue weighted by molar-refractivity contribution is 5.67. The molecule has 0 saturated heterocycles. The molecule has 2 fully saturated rings. The predicted octanol–water partition coefficient (Wildman–Crippen LogP) is 11.7. The summed E-state index contributed by atoms with van der Waals surface area (Å²) in [6.45, 7) is 7.31. The van der Waals surface area contributed by atoms with Crippen LogP contribution in [0.15, 0.2) is 67.8 Å². The van der Waals surface area contributed by atoms with Crippen LogP contribution in [-0.2, 0) is 6.11 Å². The van der Waals surface area contributed by atoms with Gasteiger partial charge in [-0.2, -0.15) is 8.78 Å². The fraction of sp³-hybridized carbons (Fsp3) is 0.405. The van der Waals surface area contributed by atoms with Crippen molar-refractivity contribution in [2.45, 2.75) is 76.2 Å². The van der Waals surface area contributed by atoms with Crippen molar-refractivity contribution >= 4 is 6.08 Å². The molecule has 0 bridgehead atoms. The Hall–Kier alpha value is -3.48. The van der Waals surface area contributed by atoms with Gasteiger partial charge in [-0.25, -0.2) is 17.6 Å². The molecule has 3 aromatic rings. The highest BCUT2D eigenvalue weighted by Gasteiger charge is 2.42. The van der Waals surface area contributed by atoms with Gasteiger partial charge in [0.15, 0.2) is 0 Å². The lowest BCUT2D eigenvalue weighted by Gasteiger charge is -2.38. The van der Waals surface area contributed by atoms with E-state index in [0.29, 0.717) is 23.5 Å². The lowest BCUT2D eigenvalue weighted by atomic mass is 9.68. The molecule has 0 N–H and O–H groups in total. The van der Waals surface area contributed by atoms with Crippen molar-refractivity contribution < 1.29 is 31.1 Å². The van der Waals surface area contributed by atoms with Crippen molar-refractivity contribution in [3.05, 3.63) is 108 Å². The molecule has 0 unspecified atom stereocenters. The first kappa shape index (κ1) is 31.9. The highest BCUT2D eigenvalue weighted by atomic mass is 19.3. The van der Waals surface area contributed by atoms with Crippen molar-refractivity contribution in [3.8, 4) is 16.9 Å². The van der Waals surface area contributed by atoms with E-state index in [1.165, 1.54) is 50.3 Å². The smallest absolute Gasteiger partial charge is 0.429 e. The average Bonchev–Trinajstić information content (AvgIpc) is 2.99. The van der Waals surface area contributed by atoms with E-state index in [4.69, 9.17) is 0 Å². The molecule has 7 heteroatoms. The number of hydrogen-bond donors (Lipinski definition) is 0. The van der Waals surface area contributed by atoms with Crippen LogP contribution in [0, 0.1) is 41.0 Å². The molecule has 0 radical (unpaired) electrons. The molecule has 2 aliphatic rings. The van der Waals surface area contributed by atoms with Gasteiger partial charge in [-0.15, -0.1) is 6.58 Å². The van der Waals surface area contributed by atoms with Crippen LogP contribution in [0.25, 0.3) is 17.2 Å². The first-order chi connectivity index (χ1) is 21.1. The van der Waals surface area contributed by atoms with Gasteiger partial charge in [0.2, 0.25) is 0 Å². The van der Waals surface area contributed by atoms with Crippen LogP contribution in [0.3, 0.4) is 0 Å². The van der Waals surface area contributed by atoms with E-state index in [0.717, 1.165) is 68.4 Å². The van der Waals surface area contributed by atoms with Gasteiger partial charge in [0.05, 0.1) is 0 Å².